The summed E-state index contributed by atoms with van der Waals surface area (Å²) in [6.45, 7) is 1.47. The molecule has 0 unspecified atom stereocenters. The van der Waals surface area contributed by atoms with Crippen LogP contribution in [0.25, 0.3) is 5.65 Å². The number of anilines is 1. The monoisotopic (exact) mass is 267 g/mol. The van der Waals surface area contributed by atoms with E-state index in [4.69, 9.17) is 4.74 Å². The number of ether oxygens (including phenoxy) is 1. The van der Waals surface area contributed by atoms with E-state index in [2.05, 4.69) is 26.6 Å². The van der Waals surface area contributed by atoms with Gasteiger partial charge in [-0.15, -0.1) is 10.2 Å². The molecule has 0 atom stereocenters. The van der Waals surface area contributed by atoms with Gasteiger partial charge in [-0.05, 0) is 11.6 Å². The second-order valence-electron chi connectivity index (χ2n) is 4.67. The van der Waals surface area contributed by atoms with Crippen molar-refractivity contribution in [3.63, 3.8) is 0 Å². The smallest absolute Gasteiger partial charge is 0.210 e. The minimum Gasteiger partial charge on any atom is -0.493 e. The zero-order chi connectivity index (χ0) is 13.4. The molecule has 20 heavy (non-hydrogen) atoms. The predicted molar refractivity (Wildman–Crippen MR) is 73.7 cm³/mol. The molecule has 1 aliphatic heterocycles. The number of fused-ring (bicyclic) bond motifs is 2. The minimum absolute atomic E-state index is 0.705. The summed E-state index contributed by atoms with van der Waals surface area (Å²) in [5, 5.41) is 11.2. The maximum atomic E-state index is 5.58. The van der Waals surface area contributed by atoms with Crippen molar-refractivity contribution in [2.45, 2.75) is 13.0 Å². The van der Waals surface area contributed by atoms with Crippen LogP contribution >= 0.6 is 0 Å². The van der Waals surface area contributed by atoms with Gasteiger partial charge in [-0.25, -0.2) is 4.98 Å². The average Bonchev–Trinajstić information content (AvgIpc) is 3.13. The third-order valence-corrected chi connectivity index (χ3v) is 3.50. The van der Waals surface area contributed by atoms with E-state index in [-0.39, 0.29) is 0 Å². The second kappa shape index (κ2) is 4.48. The molecule has 100 valence electrons. The number of hydrogen-bond donors (Lipinski definition) is 1. The summed E-state index contributed by atoms with van der Waals surface area (Å²) in [5.41, 5.74) is 3.31. The van der Waals surface area contributed by atoms with Gasteiger partial charge in [-0.2, -0.15) is 0 Å². The average molecular weight is 267 g/mol. The third-order valence-electron chi connectivity index (χ3n) is 3.50. The Morgan fingerprint density at radius 3 is 3.30 bits per heavy atom. The molecule has 4 rings (SSSR count). The fourth-order valence-electron chi connectivity index (χ4n) is 2.52. The molecule has 6 heteroatoms. The number of hydrogen-bond acceptors (Lipinski definition) is 5. The Hall–Kier alpha value is -2.63. The zero-order valence-corrected chi connectivity index (χ0v) is 10.8. The van der Waals surface area contributed by atoms with E-state index in [0.29, 0.717) is 6.54 Å². The van der Waals surface area contributed by atoms with E-state index in [1.165, 1.54) is 11.1 Å². The lowest BCUT2D eigenvalue weighted by molar-refractivity contribution is 0.357. The summed E-state index contributed by atoms with van der Waals surface area (Å²) < 4.78 is 7.41. The Kier molecular flexibility index (Phi) is 2.51. The predicted octanol–water partition coefficient (Wildman–Crippen LogP) is 1.67. The summed E-state index contributed by atoms with van der Waals surface area (Å²) in [4.78, 5) is 4.33. The largest absolute Gasteiger partial charge is 0.493 e. The molecule has 0 saturated heterocycles. The summed E-state index contributed by atoms with van der Waals surface area (Å²) in [6.07, 6.45) is 4.35. The van der Waals surface area contributed by atoms with Gasteiger partial charge in [0.15, 0.2) is 5.65 Å². The number of benzene rings is 1. The highest BCUT2D eigenvalue weighted by Crippen LogP contribution is 2.28. The highest BCUT2D eigenvalue weighted by Gasteiger charge is 2.15. The first-order chi connectivity index (χ1) is 9.92. The molecule has 0 radical (unpaired) electrons. The molecular formula is C14H13N5O. The minimum atomic E-state index is 0.705. The molecule has 0 fully saturated rings. The second-order valence-corrected chi connectivity index (χ2v) is 4.67. The van der Waals surface area contributed by atoms with Crippen LogP contribution in [0.3, 0.4) is 0 Å². The molecular weight excluding hydrogens is 254 g/mol. The van der Waals surface area contributed by atoms with Crippen LogP contribution in [0.15, 0.2) is 36.8 Å². The van der Waals surface area contributed by atoms with Crippen LogP contribution in [0.1, 0.15) is 11.1 Å². The van der Waals surface area contributed by atoms with E-state index in [1.807, 2.05) is 22.6 Å². The first-order valence-electron chi connectivity index (χ1n) is 6.54. The van der Waals surface area contributed by atoms with E-state index in [9.17, 15) is 0 Å². The van der Waals surface area contributed by atoms with Gasteiger partial charge in [-0.3, -0.25) is 4.40 Å². The fraction of sp³-hybridized carbons (Fsp3) is 0.214. The summed E-state index contributed by atoms with van der Waals surface area (Å²) in [5.74, 6) is 1.74. The normalized spacial score (nSPS) is 13.2. The maximum absolute atomic E-state index is 5.58. The van der Waals surface area contributed by atoms with Crippen LogP contribution in [0.4, 0.5) is 5.95 Å². The highest BCUT2D eigenvalue weighted by molar-refractivity contribution is 5.46. The molecule has 0 amide bonds. The molecule has 3 aromatic rings. The van der Waals surface area contributed by atoms with Gasteiger partial charge < -0.3 is 10.1 Å². The van der Waals surface area contributed by atoms with Gasteiger partial charge in [-0.1, -0.05) is 12.1 Å². The van der Waals surface area contributed by atoms with Crippen molar-refractivity contribution in [2.24, 2.45) is 0 Å². The van der Waals surface area contributed by atoms with Gasteiger partial charge in [0, 0.05) is 30.8 Å². The van der Waals surface area contributed by atoms with Crippen molar-refractivity contribution < 1.29 is 4.74 Å². The van der Waals surface area contributed by atoms with Crippen molar-refractivity contribution >= 4 is 11.6 Å². The molecule has 3 heterocycles. The lowest BCUT2D eigenvalue weighted by Gasteiger charge is -2.10. The van der Waals surface area contributed by atoms with Crippen molar-refractivity contribution in [1.29, 1.82) is 0 Å². The van der Waals surface area contributed by atoms with Crippen LogP contribution in [0.5, 0.6) is 5.75 Å². The zero-order valence-electron chi connectivity index (χ0n) is 10.8. The Balaban J connectivity index is 1.62. The van der Waals surface area contributed by atoms with Crippen LogP contribution in [-0.2, 0) is 13.0 Å². The van der Waals surface area contributed by atoms with E-state index < -0.39 is 0 Å². The summed E-state index contributed by atoms with van der Waals surface area (Å²) in [6, 6.07) is 7.98. The van der Waals surface area contributed by atoms with Gasteiger partial charge in [0.25, 0.3) is 0 Å². The maximum Gasteiger partial charge on any atom is 0.210 e. The van der Waals surface area contributed by atoms with Gasteiger partial charge in [0.05, 0.1) is 6.61 Å². The van der Waals surface area contributed by atoms with E-state index in [0.717, 1.165) is 30.4 Å². The number of nitrogens with one attached hydrogen (secondary N) is 1. The van der Waals surface area contributed by atoms with Crippen molar-refractivity contribution in [2.75, 3.05) is 11.9 Å². The molecule has 1 aliphatic rings. The quantitative estimate of drug-likeness (QED) is 0.782. The summed E-state index contributed by atoms with van der Waals surface area (Å²) in [7, 11) is 0. The number of rotatable bonds is 3. The lowest BCUT2D eigenvalue weighted by Crippen LogP contribution is -2.07. The van der Waals surface area contributed by atoms with Gasteiger partial charge in [0.1, 0.15) is 12.1 Å². The highest BCUT2D eigenvalue weighted by atomic mass is 16.5. The van der Waals surface area contributed by atoms with Crippen molar-refractivity contribution in [1.82, 2.24) is 19.6 Å². The van der Waals surface area contributed by atoms with Crippen LogP contribution < -0.4 is 10.1 Å². The molecule has 0 saturated carbocycles. The Labute approximate surface area is 115 Å². The first-order valence-corrected chi connectivity index (χ1v) is 6.54. The van der Waals surface area contributed by atoms with Crippen LogP contribution in [0.2, 0.25) is 0 Å². The molecule has 0 spiro atoms. The van der Waals surface area contributed by atoms with E-state index in [1.54, 1.807) is 12.5 Å². The number of aromatic nitrogens is 4. The molecule has 0 bridgehead atoms. The SMILES string of the molecule is c1cc(CNc2nccc3nncn23)c2c(c1)OCC2. The number of nitrogens with zero attached hydrogens (tertiary/aromatic N) is 4. The van der Waals surface area contributed by atoms with E-state index >= 15 is 0 Å². The Bertz CT molecular complexity index is 767. The Morgan fingerprint density at radius 1 is 1.30 bits per heavy atom. The first kappa shape index (κ1) is 11.2. The molecule has 1 aromatic carbocycles. The third kappa shape index (κ3) is 1.77. The Morgan fingerprint density at radius 2 is 2.30 bits per heavy atom. The van der Waals surface area contributed by atoms with Crippen molar-refractivity contribution in [3.05, 3.63) is 47.9 Å². The standard InChI is InChI=1S/C14H13N5O/c1-2-10(11-5-7-20-12(11)3-1)8-16-14-15-6-4-13-18-17-9-19(13)14/h1-4,6,9H,5,7-8H2,(H,15,16). The van der Waals surface area contributed by atoms with Gasteiger partial charge in [0.2, 0.25) is 5.95 Å². The lowest BCUT2D eigenvalue weighted by atomic mass is 10.1. The van der Waals surface area contributed by atoms with Crippen molar-refractivity contribution in [3.8, 4) is 5.75 Å². The summed E-state index contributed by atoms with van der Waals surface area (Å²) >= 11 is 0. The molecule has 1 N–H and O–H groups in total. The van der Waals surface area contributed by atoms with Gasteiger partial charge >= 0.3 is 0 Å². The van der Waals surface area contributed by atoms with Crippen LogP contribution in [-0.4, -0.2) is 26.2 Å². The molecule has 0 aliphatic carbocycles. The van der Waals surface area contributed by atoms with Crippen LogP contribution in [0, 0.1) is 0 Å². The fourth-order valence-corrected chi connectivity index (χ4v) is 2.52. The molecule has 2 aromatic heterocycles. The molecule has 6 nitrogen and oxygen atoms in total. The topological polar surface area (TPSA) is 64.3 Å².